The monoisotopic (exact) mass is 182 g/mol. The molecule has 0 radical (unpaired) electrons. The molecule has 2 atom stereocenters. The lowest BCUT2D eigenvalue weighted by Gasteiger charge is -2.09. The van der Waals surface area contributed by atoms with Crippen LogP contribution in [0.5, 0.6) is 0 Å². The van der Waals surface area contributed by atoms with Crippen LogP contribution >= 0.6 is 11.3 Å². The Balaban J connectivity index is 2.08. The van der Waals surface area contributed by atoms with Gasteiger partial charge in [0.2, 0.25) is 0 Å². The second-order valence-electron chi connectivity index (χ2n) is 4.26. The van der Waals surface area contributed by atoms with Gasteiger partial charge in [-0.1, -0.05) is 19.9 Å². The molecule has 0 bridgehead atoms. The molecular formula is C10H14OS. The molecule has 0 saturated heterocycles. The molecule has 0 spiro atoms. The van der Waals surface area contributed by atoms with Crippen LogP contribution in [-0.2, 0) is 0 Å². The van der Waals surface area contributed by atoms with E-state index in [1.807, 2.05) is 17.5 Å². The quantitative estimate of drug-likeness (QED) is 0.745. The zero-order valence-corrected chi connectivity index (χ0v) is 8.27. The van der Waals surface area contributed by atoms with Crippen LogP contribution in [0.4, 0.5) is 0 Å². The zero-order chi connectivity index (χ0) is 8.77. The van der Waals surface area contributed by atoms with Gasteiger partial charge < -0.3 is 5.11 Å². The van der Waals surface area contributed by atoms with Gasteiger partial charge in [0.1, 0.15) is 0 Å². The fourth-order valence-corrected chi connectivity index (χ4v) is 2.48. The molecule has 2 heteroatoms. The fraction of sp³-hybridized carbons (Fsp3) is 0.600. The predicted octanol–water partition coefficient (Wildman–Crippen LogP) is 2.83. The largest absolute Gasteiger partial charge is 0.387 e. The van der Waals surface area contributed by atoms with Crippen molar-refractivity contribution in [2.45, 2.75) is 26.4 Å². The first-order chi connectivity index (χ1) is 5.61. The van der Waals surface area contributed by atoms with Gasteiger partial charge in [-0.3, -0.25) is 0 Å². The summed E-state index contributed by atoms with van der Waals surface area (Å²) in [7, 11) is 0. The maximum atomic E-state index is 9.90. The van der Waals surface area contributed by atoms with Crippen molar-refractivity contribution in [1.29, 1.82) is 0 Å². The van der Waals surface area contributed by atoms with Crippen LogP contribution in [0.1, 0.15) is 31.2 Å². The Kier molecular flexibility index (Phi) is 1.77. The third-order valence-electron chi connectivity index (χ3n) is 2.81. The van der Waals surface area contributed by atoms with Crippen molar-refractivity contribution in [2.24, 2.45) is 11.3 Å². The molecule has 1 aliphatic rings. The third-order valence-corrected chi connectivity index (χ3v) is 3.75. The maximum absolute atomic E-state index is 9.90. The van der Waals surface area contributed by atoms with Crippen LogP contribution < -0.4 is 0 Å². The van der Waals surface area contributed by atoms with E-state index in [1.165, 1.54) is 0 Å². The Morgan fingerprint density at radius 2 is 2.33 bits per heavy atom. The third kappa shape index (κ3) is 1.29. The highest BCUT2D eigenvalue weighted by atomic mass is 32.1. The van der Waals surface area contributed by atoms with E-state index in [9.17, 15) is 5.11 Å². The van der Waals surface area contributed by atoms with Gasteiger partial charge in [0.25, 0.3) is 0 Å². The number of hydrogen-bond acceptors (Lipinski definition) is 2. The van der Waals surface area contributed by atoms with Crippen LogP contribution in [0, 0.1) is 11.3 Å². The molecule has 12 heavy (non-hydrogen) atoms. The average Bonchev–Trinajstić information content (AvgIpc) is 2.56. The van der Waals surface area contributed by atoms with Crippen molar-refractivity contribution in [3.05, 3.63) is 22.4 Å². The molecule has 1 fully saturated rings. The van der Waals surface area contributed by atoms with Gasteiger partial charge in [-0.05, 0) is 29.2 Å². The summed E-state index contributed by atoms with van der Waals surface area (Å²) >= 11 is 1.65. The second-order valence-corrected chi connectivity index (χ2v) is 5.24. The highest BCUT2D eigenvalue weighted by Crippen LogP contribution is 2.58. The molecule has 0 amide bonds. The lowest BCUT2D eigenvalue weighted by molar-refractivity contribution is 0.142. The molecule has 2 unspecified atom stereocenters. The predicted molar refractivity (Wildman–Crippen MR) is 51.2 cm³/mol. The summed E-state index contributed by atoms with van der Waals surface area (Å²) in [6.45, 7) is 4.43. The lowest BCUT2D eigenvalue weighted by atomic mass is 10.1. The molecule has 1 aliphatic carbocycles. The van der Waals surface area contributed by atoms with Crippen molar-refractivity contribution >= 4 is 11.3 Å². The van der Waals surface area contributed by atoms with E-state index in [1.54, 1.807) is 11.3 Å². The Labute approximate surface area is 77.0 Å². The van der Waals surface area contributed by atoms with Crippen molar-refractivity contribution in [3.8, 4) is 0 Å². The van der Waals surface area contributed by atoms with Gasteiger partial charge in [0.05, 0.1) is 6.10 Å². The summed E-state index contributed by atoms with van der Waals surface area (Å²) in [5.74, 6) is 0.483. The highest BCUT2D eigenvalue weighted by Gasteiger charge is 2.50. The van der Waals surface area contributed by atoms with Crippen molar-refractivity contribution in [2.75, 3.05) is 0 Å². The van der Waals surface area contributed by atoms with Gasteiger partial charge in [-0.25, -0.2) is 0 Å². The van der Waals surface area contributed by atoms with Crippen LogP contribution in [0.25, 0.3) is 0 Å². The summed E-state index contributed by atoms with van der Waals surface area (Å²) in [5, 5.41) is 11.9. The molecule has 1 heterocycles. The Hall–Kier alpha value is -0.340. The van der Waals surface area contributed by atoms with Crippen LogP contribution in [0.3, 0.4) is 0 Å². The molecule has 1 aromatic rings. The highest BCUT2D eigenvalue weighted by molar-refractivity contribution is 7.10. The lowest BCUT2D eigenvalue weighted by Crippen LogP contribution is -2.02. The summed E-state index contributed by atoms with van der Waals surface area (Å²) in [4.78, 5) is 1.12. The summed E-state index contributed by atoms with van der Waals surface area (Å²) < 4.78 is 0. The van der Waals surface area contributed by atoms with Gasteiger partial charge in [0.15, 0.2) is 0 Å². The first kappa shape index (κ1) is 8.27. The smallest absolute Gasteiger partial charge is 0.0915 e. The molecule has 1 aromatic heterocycles. The number of hydrogen-bond donors (Lipinski definition) is 1. The topological polar surface area (TPSA) is 20.2 Å². The minimum atomic E-state index is -0.222. The molecular weight excluding hydrogens is 168 g/mol. The van der Waals surface area contributed by atoms with Gasteiger partial charge in [-0.2, -0.15) is 0 Å². The van der Waals surface area contributed by atoms with E-state index in [0.29, 0.717) is 11.3 Å². The number of thiophene rings is 1. The first-order valence-corrected chi connectivity index (χ1v) is 5.21. The normalized spacial score (nSPS) is 28.4. The number of aliphatic hydroxyl groups excluding tert-OH is 1. The van der Waals surface area contributed by atoms with E-state index in [-0.39, 0.29) is 6.10 Å². The molecule has 2 rings (SSSR count). The number of rotatable bonds is 2. The van der Waals surface area contributed by atoms with Crippen LogP contribution in [0.2, 0.25) is 0 Å². The molecule has 0 aromatic carbocycles. The van der Waals surface area contributed by atoms with E-state index in [4.69, 9.17) is 0 Å². The Morgan fingerprint density at radius 3 is 2.75 bits per heavy atom. The summed E-state index contributed by atoms with van der Waals surface area (Å²) in [5.41, 5.74) is 0.364. The first-order valence-electron chi connectivity index (χ1n) is 4.33. The van der Waals surface area contributed by atoms with Gasteiger partial charge in [-0.15, -0.1) is 11.3 Å². The summed E-state index contributed by atoms with van der Waals surface area (Å²) in [6, 6.07) is 4.02. The minimum absolute atomic E-state index is 0.222. The Morgan fingerprint density at radius 1 is 1.67 bits per heavy atom. The fourth-order valence-electron chi connectivity index (χ4n) is 1.70. The van der Waals surface area contributed by atoms with E-state index < -0.39 is 0 Å². The van der Waals surface area contributed by atoms with E-state index in [2.05, 4.69) is 13.8 Å². The molecule has 1 saturated carbocycles. The van der Waals surface area contributed by atoms with Gasteiger partial charge >= 0.3 is 0 Å². The van der Waals surface area contributed by atoms with Gasteiger partial charge in [0, 0.05) is 4.88 Å². The van der Waals surface area contributed by atoms with Crippen LogP contribution in [0.15, 0.2) is 17.5 Å². The zero-order valence-electron chi connectivity index (χ0n) is 7.45. The Bertz CT molecular complexity index is 263. The molecule has 0 aliphatic heterocycles. The molecule has 66 valence electrons. The summed E-state index contributed by atoms with van der Waals surface area (Å²) in [6.07, 6.45) is 0.937. The SMILES string of the molecule is CC1(C)CC1C(O)c1cccs1. The molecule has 1 N–H and O–H groups in total. The standard InChI is InChI=1S/C10H14OS/c1-10(2)6-7(10)9(11)8-4-3-5-12-8/h3-5,7,9,11H,6H2,1-2H3. The minimum Gasteiger partial charge on any atom is -0.387 e. The van der Waals surface area contributed by atoms with Crippen molar-refractivity contribution < 1.29 is 5.11 Å². The number of aliphatic hydroxyl groups is 1. The van der Waals surface area contributed by atoms with Crippen molar-refractivity contribution in [3.63, 3.8) is 0 Å². The second kappa shape index (κ2) is 2.57. The van der Waals surface area contributed by atoms with E-state index >= 15 is 0 Å². The van der Waals surface area contributed by atoms with Crippen LogP contribution in [-0.4, -0.2) is 5.11 Å². The molecule has 1 nitrogen and oxygen atoms in total. The van der Waals surface area contributed by atoms with Crippen molar-refractivity contribution in [1.82, 2.24) is 0 Å². The maximum Gasteiger partial charge on any atom is 0.0915 e. The average molecular weight is 182 g/mol. The van der Waals surface area contributed by atoms with E-state index in [0.717, 1.165) is 11.3 Å².